The van der Waals surface area contributed by atoms with Crippen LogP contribution in [0.3, 0.4) is 0 Å². The molecule has 1 saturated carbocycles. The molecule has 1 aliphatic heterocycles. The van der Waals surface area contributed by atoms with Crippen LogP contribution in [0.4, 0.5) is 5.95 Å². The van der Waals surface area contributed by atoms with E-state index in [1.54, 1.807) is 6.20 Å². The number of aliphatic hydroxyl groups excluding tert-OH is 1. The fourth-order valence-corrected chi connectivity index (χ4v) is 6.03. The molecule has 0 radical (unpaired) electrons. The zero-order chi connectivity index (χ0) is 26.7. The lowest BCUT2D eigenvalue weighted by molar-refractivity contribution is -0.135. The van der Waals surface area contributed by atoms with Gasteiger partial charge in [0.15, 0.2) is 0 Å². The highest BCUT2D eigenvalue weighted by Crippen LogP contribution is 2.30. The van der Waals surface area contributed by atoms with E-state index in [0.29, 0.717) is 44.2 Å². The number of aliphatic hydroxyl groups is 1. The van der Waals surface area contributed by atoms with Crippen LogP contribution < -0.4 is 10.1 Å². The third-order valence-corrected chi connectivity index (χ3v) is 8.41. The van der Waals surface area contributed by atoms with Gasteiger partial charge in [-0.25, -0.2) is 13.4 Å². The minimum atomic E-state index is -3.01. The average molecular weight is 542 g/mol. The Morgan fingerprint density at radius 2 is 1.97 bits per heavy atom. The van der Waals surface area contributed by atoms with Gasteiger partial charge in [0.05, 0.1) is 24.0 Å². The van der Waals surface area contributed by atoms with Gasteiger partial charge >= 0.3 is 0 Å². The quantitative estimate of drug-likeness (QED) is 0.396. The summed E-state index contributed by atoms with van der Waals surface area (Å²) in [6.45, 7) is 1.44. The lowest BCUT2D eigenvalue weighted by Crippen LogP contribution is -2.38. The molecule has 1 aromatic carbocycles. The van der Waals surface area contributed by atoms with Crippen LogP contribution in [0.5, 0.6) is 5.75 Å². The first-order valence-corrected chi connectivity index (χ1v) is 15.3. The molecule has 38 heavy (non-hydrogen) atoms. The van der Waals surface area contributed by atoms with Gasteiger partial charge in [-0.1, -0.05) is 6.07 Å². The van der Waals surface area contributed by atoms with Gasteiger partial charge in [-0.3, -0.25) is 4.79 Å². The lowest BCUT2D eigenvalue weighted by atomic mass is 9.85. The maximum atomic E-state index is 12.8. The zero-order valence-electron chi connectivity index (χ0n) is 21.6. The Morgan fingerprint density at radius 3 is 2.71 bits per heavy atom. The number of nitrogens with one attached hydrogen (secondary N) is 1. The van der Waals surface area contributed by atoms with Crippen molar-refractivity contribution in [3.63, 3.8) is 0 Å². The zero-order valence-corrected chi connectivity index (χ0v) is 22.4. The Hall–Kier alpha value is -3.18. The number of fused-ring (bicyclic) bond motifs is 1. The van der Waals surface area contributed by atoms with Crippen molar-refractivity contribution in [3.8, 4) is 11.6 Å². The van der Waals surface area contributed by atoms with Crippen LogP contribution in [-0.4, -0.2) is 82.7 Å². The Morgan fingerprint density at radius 1 is 1.16 bits per heavy atom. The molecule has 2 aromatic heterocycles. The number of hydrogen-bond acceptors (Lipinski definition) is 8. The Bertz CT molecular complexity index is 1380. The van der Waals surface area contributed by atoms with Crippen molar-refractivity contribution in [1.29, 1.82) is 0 Å². The number of carbonyl (C=O) groups is 1. The van der Waals surface area contributed by atoms with Crippen molar-refractivity contribution >= 4 is 32.6 Å². The molecule has 0 spiro atoms. The third-order valence-electron chi connectivity index (χ3n) is 7.38. The summed E-state index contributed by atoms with van der Waals surface area (Å²) in [7, 11) is -3.01. The van der Waals surface area contributed by atoms with Crippen molar-refractivity contribution in [2.75, 3.05) is 37.0 Å². The number of ether oxygens (including phenoxy) is 1. The summed E-state index contributed by atoms with van der Waals surface area (Å²) in [5, 5.41) is 14.1. The van der Waals surface area contributed by atoms with E-state index in [1.807, 2.05) is 46.0 Å². The van der Waals surface area contributed by atoms with Crippen LogP contribution in [0.25, 0.3) is 16.7 Å². The monoisotopic (exact) mass is 541 g/mol. The molecule has 0 unspecified atom stereocenters. The van der Waals surface area contributed by atoms with Crippen molar-refractivity contribution < 1.29 is 23.1 Å². The Labute approximate surface area is 222 Å². The standard InChI is InChI=1S/C27H35N5O5S/c1-38(35,36)17-3-16-37-24-5-2-4-23-22(24)12-15-32(23)25-10-13-28-27(30-25)29-20-8-6-19(7-9-20)26(34)31-14-11-21(33)18-31/h2,4-5,10,12-13,15,19-21,33H,3,6-9,11,14,16-18H2,1H3,(H,28,29,30)/t19-,20-,21-/m1/s1. The first-order chi connectivity index (χ1) is 18.3. The second kappa shape index (κ2) is 11.3. The van der Waals surface area contributed by atoms with E-state index < -0.39 is 9.84 Å². The lowest BCUT2D eigenvalue weighted by Gasteiger charge is -2.30. The summed E-state index contributed by atoms with van der Waals surface area (Å²) in [5.41, 5.74) is 0.932. The number of aromatic nitrogens is 3. The second-order valence-corrected chi connectivity index (χ2v) is 12.6. The number of hydrogen-bond donors (Lipinski definition) is 2. The minimum absolute atomic E-state index is 0.0274. The average Bonchev–Trinajstić information content (AvgIpc) is 3.53. The summed E-state index contributed by atoms with van der Waals surface area (Å²) in [6, 6.07) is 9.80. The van der Waals surface area contributed by atoms with Crippen molar-refractivity contribution in [2.45, 2.75) is 50.7 Å². The van der Waals surface area contributed by atoms with Gasteiger partial charge in [0.2, 0.25) is 11.9 Å². The Balaban J connectivity index is 1.21. The Kier molecular flexibility index (Phi) is 7.85. The molecule has 3 heterocycles. The molecule has 1 saturated heterocycles. The van der Waals surface area contributed by atoms with Crippen LogP contribution in [0.1, 0.15) is 38.5 Å². The van der Waals surface area contributed by atoms with Gasteiger partial charge in [-0.05, 0) is 62.8 Å². The van der Waals surface area contributed by atoms with Crippen LogP contribution in [-0.2, 0) is 14.6 Å². The van der Waals surface area contributed by atoms with Crippen LogP contribution >= 0.6 is 0 Å². The first kappa shape index (κ1) is 26.4. The summed E-state index contributed by atoms with van der Waals surface area (Å²) < 4.78 is 30.6. The maximum Gasteiger partial charge on any atom is 0.225 e. The molecule has 3 aromatic rings. The molecular formula is C27H35N5O5S. The number of amides is 1. The first-order valence-electron chi connectivity index (χ1n) is 13.2. The molecule has 11 heteroatoms. The summed E-state index contributed by atoms with van der Waals surface area (Å²) >= 11 is 0. The van der Waals surface area contributed by atoms with Gasteiger partial charge in [0.25, 0.3) is 0 Å². The van der Waals surface area contributed by atoms with E-state index in [0.717, 1.165) is 42.4 Å². The van der Waals surface area contributed by atoms with Crippen molar-refractivity contribution in [1.82, 2.24) is 19.4 Å². The topological polar surface area (TPSA) is 127 Å². The molecule has 5 rings (SSSR count). The summed E-state index contributed by atoms with van der Waals surface area (Å²) in [4.78, 5) is 23.7. The molecule has 2 fully saturated rings. The largest absolute Gasteiger partial charge is 0.493 e. The maximum absolute atomic E-state index is 12.8. The minimum Gasteiger partial charge on any atom is -0.493 e. The van der Waals surface area contributed by atoms with Crippen LogP contribution in [0.2, 0.25) is 0 Å². The summed E-state index contributed by atoms with van der Waals surface area (Å²) in [5.74, 6) is 2.28. The van der Waals surface area contributed by atoms with E-state index in [4.69, 9.17) is 9.72 Å². The molecule has 2 aliphatic rings. The number of benzene rings is 1. The van der Waals surface area contributed by atoms with Crippen molar-refractivity contribution in [2.24, 2.45) is 5.92 Å². The highest BCUT2D eigenvalue weighted by molar-refractivity contribution is 7.90. The fraction of sp³-hybridized carbons (Fsp3) is 0.519. The molecular weight excluding hydrogens is 506 g/mol. The molecule has 10 nitrogen and oxygen atoms in total. The number of anilines is 1. The van der Waals surface area contributed by atoms with Gasteiger partial charge in [-0.15, -0.1) is 0 Å². The van der Waals surface area contributed by atoms with E-state index in [-0.39, 0.29) is 29.7 Å². The molecule has 1 amide bonds. The number of rotatable bonds is 9. The van der Waals surface area contributed by atoms with Gasteiger partial charge in [-0.2, -0.15) is 4.98 Å². The van der Waals surface area contributed by atoms with Crippen LogP contribution in [0.15, 0.2) is 42.7 Å². The fourth-order valence-electron chi connectivity index (χ4n) is 5.39. The van der Waals surface area contributed by atoms with E-state index in [9.17, 15) is 18.3 Å². The summed E-state index contributed by atoms with van der Waals surface area (Å²) in [6.07, 6.45) is 9.00. The highest BCUT2D eigenvalue weighted by Gasteiger charge is 2.33. The second-order valence-electron chi connectivity index (χ2n) is 10.4. The van der Waals surface area contributed by atoms with Crippen LogP contribution in [0, 0.1) is 5.92 Å². The number of β-amino-alcohol motifs (C(OH)–C–C–N with tert-alkyl or cyclic N) is 1. The number of sulfone groups is 1. The van der Waals surface area contributed by atoms with E-state index >= 15 is 0 Å². The number of carbonyl (C=O) groups excluding carboxylic acids is 1. The molecule has 1 aliphatic carbocycles. The molecule has 2 N–H and O–H groups in total. The van der Waals surface area contributed by atoms with E-state index in [1.165, 1.54) is 6.26 Å². The SMILES string of the molecule is CS(=O)(=O)CCCOc1cccc2c1ccn2-c1ccnc(N[C@H]2CC[C@H](C(=O)N3CC[C@@H](O)C3)CC2)n1. The number of likely N-dealkylation sites (tertiary alicyclic amines) is 1. The third kappa shape index (κ3) is 6.27. The molecule has 1 atom stereocenters. The van der Waals surface area contributed by atoms with E-state index in [2.05, 4.69) is 10.3 Å². The smallest absolute Gasteiger partial charge is 0.225 e. The normalized spacial score (nSPS) is 22.1. The molecule has 0 bridgehead atoms. The van der Waals surface area contributed by atoms with Gasteiger partial charge < -0.3 is 24.6 Å². The molecule has 204 valence electrons. The van der Waals surface area contributed by atoms with Gasteiger partial charge in [0.1, 0.15) is 21.4 Å². The number of nitrogens with zero attached hydrogens (tertiary/aromatic N) is 4. The van der Waals surface area contributed by atoms with Crippen molar-refractivity contribution in [3.05, 3.63) is 42.7 Å². The predicted octanol–water partition coefficient (Wildman–Crippen LogP) is 2.80. The predicted molar refractivity (Wildman–Crippen MR) is 145 cm³/mol. The van der Waals surface area contributed by atoms with Gasteiger partial charge in [0, 0.05) is 49.1 Å². The highest BCUT2D eigenvalue weighted by atomic mass is 32.2.